The Morgan fingerprint density at radius 2 is 2.11 bits per heavy atom. The Morgan fingerprint density at radius 3 is 2.68 bits per heavy atom. The molecule has 5 heteroatoms. The van der Waals surface area contributed by atoms with Crippen molar-refractivity contribution in [3.8, 4) is 5.82 Å². The van der Waals surface area contributed by atoms with E-state index in [1.807, 2.05) is 24.5 Å². The van der Waals surface area contributed by atoms with E-state index in [9.17, 15) is 4.79 Å². The first-order valence-corrected chi connectivity index (χ1v) is 6.73. The molecule has 0 bridgehead atoms. The Kier molecular flexibility index (Phi) is 3.97. The van der Waals surface area contributed by atoms with E-state index in [4.69, 9.17) is 23.2 Å². The van der Waals surface area contributed by atoms with Gasteiger partial charge in [0, 0.05) is 23.1 Å². The van der Waals surface area contributed by atoms with Crippen molar-refractivity contribution < 1.29 is 4.79 Å². The van der Waals surface area contributed by atoms with Crippen LogP contribution in [0.4, 0.5) is 0 Å². The summed E-state index contributed by atoms with van der Waals surface area (Å²) in [5, 5.41) is -0.00428. The van der Waals surface area contributed by atoms with E-state index in [-0.39, 0.29) is 5.78 Å². The largest absolute Gasteiger partial charge is 0.301 e. The van der Waals surface area contributed by atoms with Gasteiger partial charge in [-0.1, -0.05) is 11.6 Å². The highest BCUT2D eigenvalue weighted by atomic mass is 35.5. The van der Waals surface area contributed by atoms with Crippen LogP contribution in [0.5, 0.6) is 0 Å². The predicted octanol–water partition coefficient (Wildman–Crippen LogP) is 3.95. The Balaban J connectivity index is 2.61. The number of halogens is 2. The molecule has 0 aromatic carbocycles. The van der Waals surface area contributed by atoms with Gasteiger partial charge in [0.15, 0.2) is 11.6 Å². The zero-order valence-corrected chi connectivity index (χ0v) is 12.5. The van der Waals surface area contributed by atoms with Gasteiger partial charge in [-0.2, -0.15) is 0 Å². The van der Waals surface area contributed by atoms with Gasteiger partial charge >= 0.3 is 0 Å². The minimum absolute atomic E-state index is 0.0897. The molecule has 0 N–H and O–H groups in total. The molecule has 2 rings (SSSR count). The summed E-state index contributed by atoms with van der Waals surface area (Å²) in [6, 6.07) is 5.36. The van der Waals surface area contributed by atoms with Crippen LogP contribution in [-0.2, 0) is 0 Å². The minimum atomic E-state index is -0.548. The zero-order valence-electron chi connectivity index (χ0n) is 10.9. The molecule has 2 heterocycles. The summed E-state index contributed by atoms with van der Waals surface area (Å²) in [7, 11) is 0. The van der Waals surface area contributed by atoms with Gasteiger partial charge < -0.3 is 4.57 Å². The molecule has 0 aliphatic rings. The van der Waals surface area contributed by atoms with Gasteiger partial charge in [-0.3, -0.25) is 4.79 Å². The number of hydrogen-bond donors (Lipinski definition) is 0. The van der Waals surface area contributed by atoms with Crippen LogP contribution in [0.15, 0.2) is 24.4 Å². The van der Waals surface area contributed by atoms with Gasteiger partial charge in [0.2, 0.25) is 0 Å². The highest BCUT2D eigenvalue weighted by molar-refractivity contribution is 6.34. The van der Waals surface area contributed by atoms with Gasteiger partial charge in [0.1, 0.15) is 0 Å². The number of Topliss-reactive ketones (excluding diaryl/α,β-unsaturated/α-hetero) is 1. The summed E-state index contributed by atoms with van der Waals surface area (Å²) in [4.78, 5) is 16.3. The fourth-order valence-electron chi connectivity index (χ4n) is 2.09. The zero-order chi connectivity index (χ0) is 14.2. The van der Waals surface area contributed by atoms with Crippen LogP contribution in [0.3, 0.4) is 0 Å². The number of carbonyl (C=O) groups is 1. The molecule has 0 aliphatic carbocycles. The molecular formula is C14H14Cl2N2O. The molecule has 0 amide bonds. The van der Waals surface area contributed by atoms with Crippen molar-refractivity contribution in [3.63, 3.8) is 0 Å². The second-order valence-electron chi connectivity index (χ2n) is 4.41. The second-order valence-corrected chi connectivity index (χ2v) is 5.47. The van der Waals surface area contributed by atoms with Crippen LogP contribution in [0, 0.1) is 13.8 Å². The van der Waals surface area contributed by atoms with Crippen LogP contribution in [0.25, 0.3) is 5.82 Å². The molecule has 1 atom stereocenters. The van der Waals surface area contributed by atoms with Gasteiger partial charge in [-0.05, 0) is 39.0 Å². The molecule has 1 unspecified atom stereocenters. The SMILES string of the molecule is Cc1cc(C(=O)C(C)Cl)c(C)n1-c1ncccc1Cl. The van der Waals surface area contributed by atoms with Crippen LogP contribution in [0.2, 0.25) is 5.02 Å². The summed E-state index contributed by atoms with van der Waals surface area (Å²) in [6.45, 7) is 5.45. The third-order valence-electron chi connectivity index (χ3n) is 3.01. The number of aromatic nitrogens is 2. The van der Waals surface area contributed by atoms with Crippen molar-refractivity contribution in [2.75, 3.05) is 0 Å². The fourth-order valence-corrected chi connectivity index (χ4v) is 2.42. The number of pyridine rings is 1. The molecule has 2 aromatic rings. The number of ketones is 1. The summed E-state index contributed by atoms with van der Waals surface area (Å²) >= 11 is 12.0. The average molecular weight is 297 g/mol. The van der Waals surface area contributed by atoms with Crippen molar-refractivity contribution >= 4 is 29.0 Å². The molecule has 100 valence electrons. The Morgan fingerprint density at radius 1 is 1.42 bits per heavy atom. The predicted molar refractivity (Wildman–Crippen MR) is 77.7 cm³/mol. The molecular weight excluding hydrogens is 283 g/mol. The first kappa shape index (κ1) is 14.1. The maximum absolute atomic E-state index is 12.0. The maximum Gasteiger partial charge on any atom is 0.182 e. The Hall–Kier alpha value is -1.32. The smallest absolute Gasteiger partial charge is 0.182 e. The molecule has 0 fully saturated rings. The lowest BCUT2D eigenvalue weighted by Crippen LogP contribution is -2.12. The maximum atomic E-state index is 12.0. The quantitative estimate of drug-likeness (QED) is 0.635. The van der Waals surface area contributed by atoms with Gasteiger partial charge in [-0.15, -0.1) is 11.6 Å². The van der Waals surface area contributed by atoms with E-state index < -0.39 is 5.38 Å². The number of nitrogens with zero attached hydrogens (tertiary/aromatic N) is 2. The molecule has 0 radical (unpaired) electrons. The number of alkyl halides is 1. The first-order chi connectivity index (χ1) is 8.93. The summed E-state index contributed by atoms with van der Waals surface area (Å²) in [5.74, 6) is 0.536. The molecule has 0 aliphatic heterocycles. The van der Waals surface area contributed by atoms with E-state index >= 15 is 0 Å². The fraction of sp³-hybridized carbons (Fsp3) is 0.286. The lowest BCUT2D eigenvalue weighted by Gasteiger charge is -2.10. The molecule has 2 aromatic heterocycles. The minimum Gasteiger partial charge on any atom is -0.301 e. The number of hydrogen-bond acceptors (Lipinski definition) is 2. The number of rotatable bonds is 3. The first-order valence-electron chi connectivity index (χ1n) is 5.91. The van der Waals surface area contributed by atoms with Crippen molar-refractivity contribution in [2.45, 2.75) is 26.1 Å². The molecule has 0 saturated carbocycles. The van der Waals surface area contributed by atoms with Gasteiger partial charge in [-0.25, -0.2) is 4.98 Å². The molecule has 3 nitrogen and oxygen atoms in total. The summed E-state index contributed by atoms with van der Waals surface area (Å²) < 4.78 is 1.87. The van der Waals surface area contributed by atoms with E-state index in [0.717, 1.165) is 11.4 Å². The van der Waals surface area contributed by atoms with Crippen molar-refractivity contribution in [2.24, 2.45) is 0 Å². The van der Waals surface area contributed by atoms with Crippen LogP contribution in [-0.4, -0.2) is 20.7 Å². The highest BCUT2D eigenvalue weighted by Crippen LogP contribution is 2.25. The third kappa shape index (κ3) is 2.53. The van der Waals surface area contributed by atoms with Crippen LogP contribution >= 0.6 is 23.2 Å². The van der Waals surface area contributed by atoms with Crippen molar-refractivity contribution in [1.82, 2.24) is 9.55 Å². The van der Waals surface area contributed by atoms with Crippen LogP contribution < -0.4 is 0 Å². The summed E-state index contributed by atoms with van der Waals surface area (Å²) in [6.07, 6.45) is 1.67. The average Bonchev–Trinajstić information content (AvgIpc) is 2.65. The van der Waals surface area contributed by atoms with E-state index in [0.29, 0.717) is 16.4 Å². The lowest BCUT2D eigenvalue weighted by molar-refractivity contribution is 0.0991. The Bertz CT molecular complexity index is 632. The monoisotopic (exact) mass is 296 g/mol. The summed E-state index contributed by atoms with van der Waals surface area (Å²) in [5.41, 5.74) is 2.32. The molecule has 0 spiro atoms. The van der Waals surface area contributed by atoms with E-state index in [2.05, 4.69) is 4.98 Å². The van der Waals surface area contributed by atoms with Crippen LogP contribution in [0.1, 0.15) is 28.7 Å². The van der Waals surface area contributed by atoms with Crippen molar-refractivity contribution in [3.05, 3.63) is 46.4 Å². The molecule has 0 saturated heterocycles. The van der Waals surface area contributed by atoms with Gasteiger partial charge in [0.05, 0.1) is 10.4 Å². The third-order valence-corrected chi connectivity index (χ3v) is 3.50. The van der Waals surface area contributed by atoms with Gasteiger partial charge in [0.25, 0.3) is 0 Å². The Labute approximate surface area is 122 Å². The second kappa shape index (κ2) is 5.35. The van der Waals surface area contributed by atoms with E-state index in [1.165, 1.54) is 0 Å². The highest BCUT2D eigenvalue weighted by Gasteiger charge is 2.21. The number of carbonyl (C=O) groups excluding carboxylic acids is 1. The molecule has 19 heavy (non-hydrogen) atoms. The number of aryl methyl sites for hydroxylation is 1. The van der Waals surface area contributed by atoms with E-state index in [1.54, 1.807) is 25.3 Å². The topological polar surface area (TPSA) is 34.9 Å². The standard InChI is InChI=1S/C14H14Cl2N2O/c1-8-7-11(13(19)9(2)15)10(3)18(8)14-12(16)5-4-6-17-14/h4-7,9H,1-3H3. The normalized spacial score (nSPS) is 12.5. The van der Waals surface area contributed by atoms with Crippen molar-refractivity contribution in [1.29, 1.82) is 0 Å². The lowest BCUT2D eigenvalue weighted by atomic mass is 10.1.